The molecule has 108 valence electrons. The first-order valence-electron chi connectivity index (χ1n) is 6.62. The molecule has 1 fully saturated rings. The molecule has 6 heteroatoms. The number of hydrogen-bond donors (Lipinski definition) is 0. The molecule has 1 aliphatic rings. The number of hydrogen-bond acceptors (Lipinski definition) is 5. The summed E-state index contributed by atoms with van der Waals surface area (Å²) in [7, 11) is 0. The third-order valence-corrected chi connectivity index (χ3v) is 3.81. The summed E-state index contributed by atoms with van der Waals surface area (Å²) in [6, 6.07) is 16.8. The first-order chi connectivity index (χ1) is 10.6. The van der Waals surface area contributed by atoms with Crippen LogP contribution in [0.25, 0.3) is 0 Å². The van der Waals surface area contributed by atoms with Crippen molar-refractivity contribution >= 4 is 17.2 Å². The minimum Gasteiger partial charge on any atom is -0.336 e. The van der Waals surface area contributed by atoms with E-state index in [0.29, 0.717) is 5.56 Å². The molecule has 1 saturated heterocycles. The van der Waals surface area contributed by atoms with Crippen LogP contribution in [-0.4, -0.2) is 17.3 Å². The smallest absolute Gasteiger partial charge is 0.269 e. The number of nitro benzene ring substituents is 1. The third kappa shape index (κ3) is 1.84. The van der Waals surface area contributed by atoms with Gasteiger partial charge in [0.05, 0.1) is 11.5 Å². The quantitative estimate of drug-likeness (QED) is 0.640. The molecule has 0 aromatic heterocycles. The fourth-order valence-electron chi connectivity index (χ4n) is 2.68. The van der Waals surface area contributed by atoms with Gasteiger partial charge in [-0.25, -0.2) is 0 Å². The van der Waals surface area contributed by atoms with Crippen LogP contribution in [0.2, 0.25) is 0 Å². The number of nitriles is 1. The lowest BCUT2D eigenvalue weighted by molar-refractivity contribution is -0.384. The normalized spacial score (nSPS) is 20.1. The van der Waals surface area contributed by atoms with Crippen LogP contribution >= 0.6 is 0 Å². The van der Waals surface area contributed by atoms with E-state index in [0.717, 1.165) is 5.69 Å². The lowest BCUT2D eigenvalue weighted by Crippen LogP contribution is -2.65. The van der Waals surface area contributed by atoms with E-state index in [-0.39, 0.29) is 18.0 Å². The van der Waals surface area contributed by atoms with Crippen molar-refractivity contribution < 1.29 is 9.72 Å². The van der Waals surface area contributed by atoms with E-state index in [9.17, 15) is 20.2 Å². The zero-order chi connectivity index (χ0) is 15.7. The number of carbonyl (C=O) groups excluding carboxylic acids is 1. The summed E-state index contributed by atoms with van der Waals surface area (Å²) in [5.41, 5.74) is -0.577. The second-order valence-electron chi connectivity index (χ2n) is 4.97. The highest BCUT2D eigenvalue weighted by Crippen LogP contribution is 2.41. The van der Waals surface area contributed by atoms with Crippen molar-refractivity contribution in [3.05, 3.63) is 70.3 Å². The van der Waals surface area contributed by atoms with Crippen molar-refractivity contribution in [2.24, 2.45) is 0 Å². The predicted octanol–water partition coefficient (Wildman–Crippen LogP) is 2.40. The van der Waals surface area contributed by atoms with Crippen molar-refractivity contribution in [2.45, 2.75) is 5.54 Å². The molecule has 3 rings (SSSR count). The van der Waals surface area contributed by atoms with Crippen LogP contribution in [0.3, 0.4) is 0 Å². The Hall–Kier alpha value is -3.20. The second-order valence-corrected chi connectivity index (χ2v) is 4.97. The highest BCUT2D eigenvalue weighted by molar-refractivity contribution is 6.06. The molecule has 0 radical (unpaired) electrons. The Balaban J connectivity index is 2.12. The van der Waals surface area contributed by atoms with Crippen LogP contribution < -0.4 is 4.90 Å². The molecule has 0 aliphatic carbocycles. The molecule has 6 nitrogen and oxygen atoms in total. The summed E-state index contributed by atoms with van der Waals surface area (Å²) in [6.45, 7) is 0.111. The largest absolute Gasteiger partial charge is 0.336 e. The Bertz CT molecular complexity index is 798. The zero-order valence-corrected chi connectivity index (χ0v) is 11.5. The van der Waals surface area contributed by atoms with E-state index in [2.05, 4.69) is 0 Å². The van der Waals surface area contributed by atoms with E-state index in [1.54, 1.807) is 23.1 Å². The number of anilines is 1. The summed E-state index contributed by atoms with van der Waals surface area (Å²) in [5.74, 6) is -0.264. The van der Waals surface area contributed by atoms with E-state index in [4.69, 9.17) is 0 Å². The number of rotatable bonds is 3. The molecule has 2 aromatic carbocycles. The van der Waals surface area contributed by atoms with Gasteiger partial charge in [0.25, 0.3) is 5.69 Å². The van der Waals surface area contributed by atoms with Gasteiger partial charge in [-0.2, -0.15) is 5.26 Å². The number of nitro groups is 1. The van der Waals surface area contributed by atoms with Gasteiger partial charge >= 0.3 is 0 Å². The average molecular weight is 293 g/mol. The molecular weight excluding hydrogens is 282 g/mol. The Morgan fingerprint density at radius 3 is 2.50 bits per heavy atom. The molecular formula is C16H11N3O3. The fraction of sp³-hybridized carbons (Fsp3) is 0.125. The standard InChI is InChI=1S/C16H11N3O3/c17-11-16(12-5-4-8-14(9-12)19(21)22)15(20)10-18(16)13-6-2-1-3-7-13/h1-9H,10H2. The molecule has 1 atom stereocenters. The summed E-state index contributed by atoms with van der Waals surface area (Å²) >= 11 is 0. The Morgan fingerprint density at radius 2 is 1.91 bits per heavy atom. The van der Waals surface area contributed by atoms with Gasteiger partial charge in [-0.1, -0.05) is 30.3 Å². The molecule has 2 aromatic rings. The van der Waals surface area contributed by atoms with Gasteiger partial charge in [0, 0.05) is 23.4 Å². The average Bonchev–Trinajstić information content (AvgIpc) is 2.54. The number of Topliss-reactive ketones (excluding diaryl/α,β-unsaturated/α-hetero) is 1. The molecule has 0 amide bonds. The van der Waals surface area contributed by atoms with Crippen LogP contribution in [0, 0.1) is 21.4 Å². The Morgan fingerprint density at radius 1 is 1.18 bits per heavy atom. The highest BCUT2D eigenvalue weighted by atomic mass is 16.6. The number of carbonyl (C=O) groups is 1. The van der Waals surface area contributed by atoms with Crippen molar-refractivity contribution in [1.29, 1.82) is 5.26 Å². The van der Waals surface area contributed by atoms with Crippen LogP contribution in [-0.2, 0) is 10.3 Å². The third-order valence-electron chi connectivity index (χ3n) is 3.81. The number of nitrogens with zero attached hydrogens (tertiary/aromatic N) is 3. The van der Waals surface area contributed by atoms with E-state index >= 15 is 0 Å². The van der Waals surface area contributed by atoms with Gasteiger partial charge in [0.1, 0.15) is 6.07 Å². The number of para-hydroxylation sites is 1. The minimum atomic E-state index is -1.49. The maximum Gasteiger partial charge on any atom is 0.269 e. The Kier molecular flexibility index (Phi) is 3.11. The molecule has 1 unspecified atom stereocenters. The molecule has 0 spiro atoms. The monoisotopic (exact) mass is 293 g/mol. The van der Waals surface area contributed by atoms with Gasteiger partial charge < -0.3 is 4.90 Å². The van der Waals surface area contributed by atoms with Crippen LogP contribution in [0.15, 0.2) is 54.6 Å². The first-order valence-corrected chi connectivity index (χ1v) is 6.62. The van der Waals surface area contributed by atoms with Gasteiger partial charge in [-0.05, 0) is 12.1 Å². The lowest BCUT2D eigenvalue weighted by atomic mass is 9.77. The van der Waals surface area contributed by atoms with Crippen molar-refractivity contribution in [2.75, 3.05) is 11.4 Å². The molecule has 1 aliphatic heterocycles. The van der Waals surface area contributed by atoms with Crippen LogP contribution in [0.5, 0.6) is 0 Å². The maximum absolute atomic E-state index is 12.2. The summed E-state index contributed by atoms with van der Waals surface area (Å²) in [4.78, 5) is 24.3. The summed E-state index contributed by atoms with van der Waals surface area (Å²) < 4.78 is 0. The van der Waals surface area contributed by atoms with E-state index in [1.807, 2.05) is 24.3 Å². The number of non-ortho nitro benzene ring substituents is 1. The SMILES string of the molecule is N#CC1(c2cccc([N+](=O)[O-])c2)C(=O)CN1c1ccccc1. The van der Waals surface area contributed by atoms with Gasteiger partial charge in [-0.3, -0.25) is 14.9 Å². The Labute approximate surface area is 126 Å². The summed E-state index contributed by atoms with van der Waals surface area (Å²) in [5, 5.41) is 20.6. The van der Waals surface area contributed by atoms with E-state index < -0.39 is 10.5 Å². The van der Waals surface area contributed by atoms with Gasteiger partial charge in [0.15, 0.2) is 5.78 Å². The predicted molar refractivity (Wildman–Crippen MR) is 79.2 cm³/mol. The van der Waals surface area contributed by atoms with Crippen LogP contribution in [0.1, 0.15) is 5.56 Å². The topological polar surface area (TPSA) is 87.2 Å². The first kappa shape index (κ1) is 13.8. The highest BCUT2D eigenvalue weighted by Gasteiger charge is 2.55. The molecule has 0 saturated carbocycles. The van der Waals surface area contributed by atoms with Crippen molar-refractivity contribution in [3.63, 3.8) is 0 Å². The van der Waals surface area contributed by atoms with Crippen molar-refractivity contribution in [3.8, 4) is 6.07 Å². The van der Waals surface area contributed by atoms with Crippen LogP contribution in [0.4, 0.5) is 11.4 Å². The molecule has 1 heterocycles. The van der Waals surface area contributed by atoms with E-state index in [1.165, 1.54) is 18.2 Å². The maximum atomic E-state index is 12.2. The number of ketones is 1. The summed E-state index contributed by atoms with van der Waals surface area (Å²) in [6.07, 6.45) is 0. The van der Waals surface area contributed by atoms with Gasteiger partial charge in [0.2, 0.25) is 5.54 Å². The zero-order valence-electron chi connectivity index (χ0n) is 11.5. The molecule has 22 heavy (non-hydrogen) atoms. The molecule has 0 N–H and O–H groups in total. The molecule has 0 bridgehead atoms. The fourth-order valence-corrected chi connectivity index (χ4v) is 2.68. The van der Waals surface area contributed by atoms with Gasteiger partial charge in [-0.15, -0.1) is 0 Å². The van der Waals surface area contributed by atoms with Crippen molar-refractivity contribution in [1.82, 2.24) is 0 Å². The number of benzene rings is 2. The second kappa shape index (κ2) is 4.97. The lowest BCUT2D eigenvalue weighted by Gasteiger charge is -2.47. The minimum absolute atomic E-state index is 0.111.